The van der Waals surface area contributed by atoms with Gasteiger partial charge in [0.25, 0.3) is 0 Å². The van der Waals surface area contributed by atoms with Crippen molar-refractivity contribution in [2.24, 2.45) is 0 Å². The minimum Gasteiger partial charge on any atom is -0.122 e. The normalized spacial score (nSPS) is 11.3. The summed E-state index contributed by atoms with van der Waals surface area (Å²) in [6, 6.07) is 0. The van der Waals surface area contributed by atoms with Crippen LogP contribution in [-0.4, -0.2) is 5.88 Å². The Morgan fingerprint density at radius 2 is 2.30 bits per heavy atom. The lowest BCUT2D eigenvalue weighted by atomic mass is 10.3. The number of allylic oxidation sites excluding steroid dienone is 4. The Hall–Kier alpha value is -0.670. The van der Waals surface area contributed by atoms with Gasteiger partial charge in [-0.15, -0.1) is 11.6 Å². The molecule has 1 heteroatoms. The van der Waals surface area contributed by atoms with Crippen molar-refractivity contribution in [1.29, 1.82) is 0 Å². The summed E-state index contributed by atoms with van der Waals surface area (Å²) in [5.41, 5.74) is 1.02. The fourth-order valence-electron chi connectivity index (χ4n) is 0.406. The molecule has 0 rings (SSSR count). The van der Waals surface area contributed by atoms with Crippen molar-refractivity contribution in [2.75, 3.05) is 5.88 Å². The molecule has 0 atom stereocenters. The summed E-state index contributed by atoms with van der Waals surface area (Å²) in [6.45, 7) is 3.88. The van der Waals surface area contributed by atoms with E-state index in [9.17, 15) is 0 Å². The highest BCUT2D eigenvalue weighted by Crippen LogP contribution is 1.89. The summed E-state index contributed by atoms with van der Waals surface area (Å²) in [4.78, 5) is 0. The SMILES string of the molecule is C/C=C\C#C/C(C)=C\CCl. The van der Waals surface area contributed by atoms with Gasteiger partial charge in [0, 0.05) is 5.88 Å². The van der Waals surface area contributed by atoms with Gasteiger partial charge in [0.1, 0.15) is 0 Å². The molecule has 10 heavy (non-hydrogen) atoms. The second kappa shape index (κ2) is 6.45. The number of halogens is 1. The third-order valence-corrected chi connectivity index (χ3v) is 1.06. The first kappa shape index (κ1) is 9.33. The molecule has 54 valence electrons. The molecule has 0 heterocycles. The van der Waals surface area contributed by atoms with Crippen LogP contribution in [0.5, 0.6) is 0 Å². The van der Waals surface area contributed by atoms with Crippen LogP contribution in [0.4, 0.5) is 0 Å². The topological polar surface area (TPSA) is 0 Å². The number of rotatable bonds is 1. The largest absolute Gasteiger partial charge is 0.122 e. The Kier molecular flexibility index (Phi) is 6.02. The summed E-state index contributed by atoms with van der Waals surface area (Å²) in [7, 11) is 0. The van der Waals surface area contributed by atoms with Crippen LogP contribution in [0.25, 0.3) is 0 Å². The van der Waals surface area contributed by atoms with Crippen molar-refractivity contribution >= 4 is 11.6 Å². The van der Waals surface area contributed by atoms with Crippen molar-refractivity contribution in [3.05, 3.63) is 23.8 Å². The van der Waals surface area contributed by atoms with Gasteiger partial charge in [-0.2, -0.15) is 0 Å². The molecule has 0 aromatic rings. The van der Waals surface area contributed by atoms with Gasteiger partial charge in [-0.1, -0.05) is 24.0 Å². The van der Waals surface area contributed by atoms with E-state index in [1.165, 1.54) is 0 Å². The molecule has 0 unspecified atom stereocenters. The van der Waals surface area contributed by atoms with Gasteiger partial charge in [-0.25, -0.2) is 0 Å². The molecule has 0 N–H and O–H groups in total. The first-order chi connectivity index (χ1) is 4.81. The molecule has 0 aliphatic carbocycles. The van der Waals surface area contributed by atoms with Crippen LogP contribution < -0.4 is 0 Å². The molecule has 0 nitrogen and oxygen atoms in total. The molecule has 0 aliphatic heterocycles. The molecule has 0 saturated carbocycles. The van der Waals surface area contributed by atoms with Gasteiger partial charge in [0.2, 0.25) is 0 Å². The van der Waals surface area contributed by atoms with Crippen LogP contribution in [0.15, 0.2) is 23.8 Å². The Bertz CT molecular complexity index is 189. The van der Waals surface area contributed by atoms with E-state index in [-0.39, 0.29) is 0 Å². The second-order valence-corrected chi connectivity index (χ2v) is 2.12. The molecule has 0 aromatic carbocycles. The standard InChI is InChI=1S/C9H11Cl/c1-3-4-5-6-9(2)7-8-10/h3-4,7H,8H2,1-2H3/b4-3-,9-7-. The molecule has 0 radical (unpaired) electrons. The molecule has 0 aliphatic rings. The Labute approximate surface area is 67.6 Å². The summed E-state index contributed by atoms with van der Waals surface area (Å²) < 4.78 is 0. The summed E-state index contributed by atoms with van der Waals surface area (Å²) in [5.74, 6) is 6.32. The molecule has 0 bridgehead atoms. The maximum atomic E-state index is 5.45. The molecule has 0 saturated heterocycles. The Morgan fingerprint density at radius 1 is 1.60 bits per heavy atom. The van der Waals surface area contributed by atoms with Crippen LogP contribution in [0.2, 0.25) is 0 Å². The van der Waals surface area contributed by atoms with E-state index in [0.717, 1.165) is 5.57 Å². The smallest absolute Gasteiger partial charge is 0.0415 e. The highest BCUT2D eigenvalue weighted by atomic mass is 35.5. The van der Waals surface area contributed by atoms with Crippen molar-refractivity contribution in [2.45, 2.75) is 13.8 Å². The zero-order valence-electron chi connectivity index (χ0n) is 6.32. The fourth-order valence-corrected chi connectivity index (χ4v) is 0.637. The third-order valence-electron chi connectivity index (χ3n) is 0.903. The van der Waals surface area contributed by atoms with E-state index in [2.05, 4.69) is 11.8 Å². The van der Waals surface area contributed by atoms with E-state index in [0.29, 0.717) is 5.88 Å². The lowest BCUT2D eigenvalue weighted by molar-refractivity contribution is 1.52. The predicted molar refractivity (Wildman–Crippen MR) is 47.1 cm³/mol. The van der Waals surface area contributed by atoms with Gasteiger partial charge >= 0.3 is 0 Å². The lowest BCUT2D eigenvalue weighted by Gasteiger charge is -1.80. The first-order valence-corrected chi connectivity index (χ1v) is 3.70. The van der Waals surface area contributed by atoms with Crippen molar-refractivity contribution in [1.82, 2.24) is 0 Å². The van der Waals surface area contributed by atoms with E-state index in [4.69, 9.17) is 11.6 Å². The first-order valence-electron chi connectivity index (χ1n) is 3.16. The molecular weight excluding hydrogens is 144 g/mol. The van der Waals surface area contributed by atoms with Gasteiger partial charge in [0.15, 0.2) is 0 Å². The quantitative estimate of drug-likeness (QED) is 0.403. The van der Waals surface area contributed by atoms with E-state index >= 15 is 0 Å². The Balaban J connectivity index is 3.91. The van der Waals surface area contributed by atoms with E-state index < -0.39 is 0 Å². The number of hydrogen-bond acceptors (Lipinski definition) is 0. The number of alkyl halides is 1. The average molecular weight is 155 g/mol. The zero-order valence-corrected chi connectivity index (χ0v) is 7.07. The second-order valence-electron chi connectivity index (χ2n) is 1.81. The van der Waals surface area contributed by atoms with Gasteiger partial charge in [-0.3, -0.25) is 0 Å². The van der Waals surface area contributed by atoms with Crippen molar-refractivity contribution < 1.29 is 0 Å². The minimum absolute atomic E-state index is 0.538. The van der Waals surface area contributed by atoms with Crippen LogP contribution >= 0.6 is 11.6 Å². The maximum Gasteiger partial charge on any atom is 0.0415 e. The summed E-state index contributed by atoms with van der Waals surface area (Å²) in [6.07, 6.45) is 5.60. The predicted octanol–water partition coefficient (Wildman–Crippen LogP) is 2.75. The summed E-state index contributed by atoms with van der Waals surface area (Å²) in [5, 5.41) is 0. The Morgan fingerprint density at radius 3 is 2.80 bits per heavy atom. The maximum absolute atomic E-state index is 5.45. The van der Waals surface area contributed by atoms with Gasteiger partial charge in [-0.05, 0) is 25.5 Å². The van der Waals surface area contributed by atoms with Gasteiger partial charge < -0.3 is 0 Å². The van der Waals surface area contributed by atoms with Crippen molar-refractivity contribution in [3.63, 3.8) is 0 Å². The van der Waals surface area contributed by atoms with E-state index in [1.54, 1.807) is 0 Å². The average Bonchev–Trinajstić information content (AvgIpc) is 1.89. The highest BCUT2D eigenvalue weighted by Gasteiger charge is 1.75. The fraction of sp³-hybridized carbons (Fsp3) is 0.333. The minimum atomic E-state index is 0.538. The van der Waals surface area contributed by atoms with Crippen LogP contribution in [0, 0.1) is 11.8 Å². The molecule has 0 spiro atoms. The molecule has 0 fully saturated rings. The third kappa shape index (κ3) is 5.47. The number of hydrogen-bond donors (Lipinski definition) is 0. The lowest BCUT2D eigenvalue weighted by Crippen LogP contribution is -1.68. The molecular formula is C9H11Cl. The summed E-state index contributed by atoms with van der Waals surface area (Å²) >= 11 is 5.45. The molecule has 0 amide bonds. The molecule has 0 aromatic heterocycles. The van der Waals surface area contributed by atoms with Gasteiger partial charge in [0.05, 0.1) is 0 Å². The highest BCUT2D eigenvalue weighted by molar-refractivity contribution is 6.18. The van der Waals surface area contributed by atoms with Crippen LogP contribution in [0.3, 0.4) is 0 Å². The van der Waals surface area contributed by atoms with E-state index in [1.807, 2.05) is 32.1 Å². The monoisotopic (exact) mass is 154 g/mol. The van der Waals surface area contributed by atoms with Crippen LogP contribution in [-0.2, 0) is 0 Å². The van der Waals surface area contributed by atoms with Crippen molar-refractivity contribution in [3.8, 4) is 11.8 Å². The zero-order chi connectivity index (χ0) is 7.82. The van der Waals surface area contributed by atoms with Crippen LogP contribution in [0.1, 0.15) is 13.8 Å².